The van der Waals surface area contributed by atoms with Crippen LogP contribution in [0.1, 0.15) is 50.5 Å². The van der Waals surface area contributed by atoms with Gasteiger partial charge in [0, 0.05) is 33.1 Å². The van der Waals surface area contributed by atoms with Gasteiger partial charge in [0.1, 0.15) is 0 Å². The van der Waals surface area contributed by atoms with Crippen LogP contribution in [0.5, 0.6) is 11.5 Å². The Morgan fingerprint density at radius 2 is 2.00 bits per heavy atom. The molecule has 1 heterocycles. The lowest BCUT2D eigenvalue weighted by Crippen LogP contribution is -2.47. The maximum atomic E-state index is 13.0. The number of carbonyl (C=O) groups is 2. The number of carbonyl (C=O) groups excluding carboxylic acids is 2. The number of aromatic hydroxyl groups is 1. The number of methoxy groups -OCH3 is 1. The zero-order chi connectivity index (χ0) is 20.1. The van der Waals surface area contributed by atoms with Crippen LogP contribution in [0.4, 0.5) is 0 Å². The summed E-state index contributed by atoms with van der Waals surface area (Å²) in [7, 11) is 3.29. The molecule has 1 saturated carbocycles. The van der Waals surface area contributed by atoms with Crippen LogP contribution >= 0.6 is 0 Å². The largest absolute Gasteiger partial charge is 0.504 e. The second-order valence-corrected chi connectivity index (χ2v) is 8.24. The van der Waals surface area contributed by atoms with Crippen molar-refractivity contribution in [3.05, 3.63) is 23.8 Å². The molecule has 1 atom stereocenters. The number of hydrogen-bond donors (Lipinski definition) is 1. The zero-order valence-corrected chi connectivity index (χ0v) is 17.0. The van der Waals surface area contributed by atoms with E-state index in [1.807, 2.05) is 11.0 Å². The van der Waals surface area contributed by atoms with Gasteiger partial charge in [-0.05, 0) is 42.9 Å². The van der Waals surface area contributed by atoms with E-state index in [1.54, 1.807) is 24.1 Å². The van der Waals surface area contributed by atoms with Gasteiger partial charge in [0.2, 0.25) is 11.8 Å². The first-order valence-corrected chi connectivity index (χ1v) is 10.4. The molecule has 0 bridgehead atoms. The van der Waals surface area contributed by atoms with E-state index in [1.165, 1.54) is 39.2 Å². The third kappa shape index (κ3) is 4.97. The smallest absolute Gasteiger partial charge is 0.227 e. The number of hydrogen-bond acceptors (Lipinski definition) is 4. The van der Waals surface area contributed by atoms with E-state index >= 15 is 0 Å². The van der Waals surface area contributed by atoms with Gasteiger partial charge in [0.15, 0.2) is 11.5 Å². The van der Waals surface area contributed by atoms with E-state index < -0.39 is 0 Å². The summed E-state index contributed by atoms with van der Waals surface area (Å²) in [5.74, 6) is 1.20. The standard InChI is InChI=1S/C22H32N2O4/c1-23(13-17-8-10-20(28-2)19(25)12-17)22(27)18-9-11-21(26)24(15-18)14-16-6-4-3-5-7-16/h8,10,12,16,18,25H,3-7,9,11,13-15H2,1-2H3/t18-/m0/s1. The van der Waals surface area contributed by atoms with Gasteiger partial charge in [-0.3, -0.25) is 9.59 Å². The van der Waals surface area contributed by atoms with E-state index in [4.69, 9.17) is 4.74 Å². The molecule has 6 heteroatoms. The lowest BCUT2D eigenvalue weighted by molar-refractivity contribution is -0.143. The van der Waals surface area contributed by atoms with Crippen molar-refractivity contribution in [2.45, 2.75) is 51.5 Å². The molecule has 1 aromatic carbocycles. The molecular weight excluding hydrogens is 356 g/mol. The lowest BCUT2D eigenvalue weighted by Gasteiger charge is -2.36. The summed E-state index contributed by atoms with van der Waals surface area (Å²) < 4.78 is 5.06. The van der Waals surface area contributed by atoms with Gasteiger partial charge in [-0.15, -0.1) is 0 Å². The Hall–Kier alpha value is -2.24. The van der Waals surface area contributed by atoms with E-state index in [9.17, 15) is 14.7 Å². The van der Waals surface area contributed by atoms with Crippen LogP contribution in [0.2, 0.25) is 0 Å². The van der Waals surface area contributed by atoms with Crippen LogP contribution < -0.4 is 4.74 Å². The number of rotatable bonds is 6. The average Bonchev–Trinajstić information content (AvgIpc) is 2.70. The molecule has 1 saturated heterocycles. The molecule has 2 aliphatic rings. The topological polar surface area (TPSA) is 70.1 Å². The van der Waals surface area contributed by atoms with Gasteiger partial charge >= 0.3 is 0 Å². The number of nitrogens with zero attached hydrogens (tertiary/aromatic N) is 2. The summed E-state index contributed by atoms with van der Waals surface area (Å²) in [5, 5.41) is 9.94. The third-order valence-electron chi connectivity index (χ3n) is 6.09. The summed E-state index contributed by atoms with van der Waals surface area (Å²) in [6.07, 6.45) is 7.29. The van der Waals surface area contributed by atoms with Crippen molar-refractivity contribution < 1.29 is 19.4 Å². The minimum Gasteiger partial charge on any atom is -0.504 e. The van der Waals surface area contributed by atoms with Crippen molar-refractivity contribution in [3.63, 3.8) is 0 Å². The third-order valence-corrected chi connectivity index (χ3v) is 6.09. The number of ether oxygens (including phenoxy) is 1. The highest BCUT2D eigenvalue weighted by Gasteiger charge is 2.33. The molecule has 3 rings (SSSR count). The van der Waals surface area contributed by atoms with Crippen molar-refractivity contribution in [2.24, 2.45) is 11.8 Å². The predicted molar refractivity (Wildman–Crippen MR) is 107 cm³/mol. The fourth-order valence-corrected chi connectivity index (χ4v) is 4.47. The molecule has 0 aromatic heterocycles. The minimum absolute atomic E-state index is 0.0662. The summed E-state index contributed by atoms with van der Waals surface area (Å²) >= 11 is 0. The average molecular weight is 389 g/mol. The quantitative estimate of drug-likeness (QED) is 0.813. The lowest BCUT2D eigenvalue weighted by atomic mass is 9.87. The van der Waals surface area contributed by atoms with Crippen LogP contribution in [-0.2, 0) is 16.1 Å². The van der Waals surface area contributed by atoms with Gasteiger partial charge in [0.05, 0.1) is 13.0 Å². The first kappa shape index (κ1) is 20.5. The molecule has 1 N–H and O–H groups in total. The minimum atomic E-state index is -0.141. The SMILES string of the molecule is COc1ccc(CN(C)C(=O)[C@H]2CCC(=O)N(CC3CCCCC3)C2)cc1O. The molecule has 1 aromatic rings. The normalized spacial score (nSPS) is 20.9. The van der Waals surface area contributed by atoms with Crippen molar-refractivity contribution >= 4 is 11.8 Å². The van der Waals surface area contributed by atoms with E-state index in [0.29, 0.717) is 37.6 Å². The molecule has 2 amide bonds. The molecule has 2 fully saturated rings. The second kappa shape index (κ2) is 9.30. The Kier molecular flexibility index (Phi) is 6.81. The van der Waals surface area contributed by atoms with Crippen LogP contribution in [-0.4, -0.2) is 54.0 Å². The Morgan fingerprint density at radius 3 is 2.68 bits per heavy atom. The zero-order valence-electron chi connectivity index (χ0n) is 17.0. The maximum absolute atomic E-state index is 13.0. The molecule has 1 aliphatic heterocycles. The number of piperidine rings is 1. The highest BCUT2D eigenvalue weighted by Crippen LogP contribution is 2.29. The molecule has 6 nitrogen and oxygen atoms in total. The van der Waals surface area contributed by atoms with Crippen molar-refractivity contribution in [1.29, 1.82) is 0 Å². The second-order valence-electron chi connectivity index (χ2n) is 8.24. The molecule has 0 unspecified atom stereocenters. The Bertz CT molecular complexity index is 700. The number of phenols is 1. The number of benzene rings is 1. The van der Waals surface area contributed by atoms with Crippen molar-refractivity contribution in [2.75, 3.05) is 27.2 Å². The number of amides is 2. The van der Waals surface area contributed by atoms with Crippen molar-refractivity contribution in [3.8, 4) is 11.5 Å². The summed E-state index contributed by atoms with van der Waals surface area (Å²) in [5.41, 5.74) is 0.847. The molecule has 0 radical (unpaired) electrons. The fraction of sp³-hybridized carbons (Fsp3) is 0.636. The molecular formula is C22H32N2O4. The van der Waals surface area contributed by atoms with Gasteiger partial charge in [-0.2, -0.15) is 0 Å². The van der Waals surface area contributed by atoms with E-state index in [-0.39, 0.29) is 23.5 Å². The van der Waals surface area contributed by atoms with Gasteiger partial charge in [-0.1, -0.05) is 25.3 Å². The Morgan fingerprint density at radius 1 is 1.25 bits per heavy atom. The number of likely N-dealkylation sites (tertiary alicyclic amines) is 1. The summed E-state index contributed by atoms with van der Waals surface area (Å²) in [4.78, 5) is 28.9. The Balaban J connectivity index is 1.57. The highest BCUT2D eigenvalue weighted by atomic mass is 16.5. The summed E-state index contributed by atoms with van der Waals surface area (Å²) in [6.45, 7) is 1.76. The highest BCUT2D eigenvalue weighted by molar-refractivity contribution is 5.83. The van der Waals surface area contributed by atoms with Gasteiger partial charge in [-0.25, -0.2) is 0 Å². The monoisotopic (exact) mass is 388 g/mol. The molecule has 0 spiro atoms. The van der Waals surface area contributed by atoms with E-state index in [0.717, 1.165) is 12.1 Å². The van der Waals surface area contributed by atoms with Crippen molar-refractivity contribution in [1.82, 2.24) is 9.80 Å². The maximum Gasteiger partial charge on any atom is 0.227 e. The van der Waals surface area contributed by atoms with Crippen LogP contribution in [0.3, 0.4) is 0 Å². The van der Waals surface area contributed by atoms with Crippen LogP contribution in [0.15, 0.2) is 18.2 Å². The molecule has 1 aliphatic carbocycles. The van der Waals surface area contributed by atoms with E-state index in [2.05, 4.69) is 0 Å². The fourth-order valence-electron chi connectivity index (χ4n) is 4.47. The van der Waals surface area contributed by atoms with Gasteiger partial charge < -0.3 is 19.6 Å². The summed E-state index contributed by atoms with van der Waals surface area (Å²) in [6, 6.07) is 5.18. The number of phenolic OH excluding ortho intramolecular Hbond substituents is 1. The van der Waals surface area contributed by atoms with Crippen LogP contribution in [0.25, 0.3) is 0 Å². The van der Waals surface area contributed by atoms with Crippen LogP contribution in [0, 0.1) is 11.8 Å². The molecule has 28 heavy (non-hydrogen) atoms. The first-order chi connectivity index (χ1) is 13.5. The predicted octanol–water partition coefficient (Wildman–Crippen LogP) is 3.18. The molecule has 154 valence electrons. The Labute approximate surface area is 167 Å². The first-order valence-electron chi connectivity index (χ1n) is 10.4. The van der Waals surface area contributed by atoms with Gasteiger partial charge in [0.25, 0.3) is 0 Å².